The summed E-state index contributed by atoms with van der Waals surface area (Å²) >= 11 is 0. The summed E-state index contributed by atoms with van der Waals surface area (Å²) in [5.41, 5.74) is -0.131. The molecule has 0 spiro atoms. The van der Waals surface area contributed by atoms with Gasteiger partial charge in [0.25, 0.3) is 0 Å². The predicted molar refractivity (Wildman–Crippen MR) is 122 cm³/mol. The van der Waals surface area contributed by atoms with E-state index in [0.717, 1.165) is 6.92 Å². The maximum Gasteiger partial charge on any atom is 0.333 e. The summed E-state index contributed by atoms with van der Waals surface area (Å²) in [7, 11) is 1.27. The smallest absolute Gasteiger partial charge is 0.333 e. The van der Waals surface area contributed by atoms with Gasteiger partial charge in [0.1, 0.15) is 17.1 Å². The fraction of sp³-hybridized carbons (Fsp3) is 0.577. The van der Waals surface area contributed by atoms with Gasteiger partial charge in [-0.3, -0.25) is 9.59 Å². The van der Waals surface area contributed by atoms with Crippen molar-refractivity contribution in [3.63, 3.8) is 0 Å². The zero-order valence-corrected chi connectivity index (χ0v) is 19.4. The topological polar surface area (TPSA) is 88.1 Å². The van der Waals surface area contributed by atoms with Crippen molar-refractivity contribution in [1.29, 1.82) is 0 Å². The van der Waals surface area contributed by atoms with Crippen LogP contribution in [0.25, 0.3) is 0 Å². The highest BCUT2D eigenvalue weighted by atomic mass is 16.5. The molecule has 3 rings (SSSR count). The molecule has 1 aromatic carbocycles. The van der Waals surface area contributed by atoms with Gasteiger partial charge in [0.15, 0.2) is 0 Å². The molecule has 1 aliphatic carbocycles. The van der Waals surface area contributed by atoms with Gasteiger partial charge in [-0.2, -0.15) is 0 Å². The zero-order chi connectivity index (χ0) is 29.3. The fourth-order valence-corrected chi connectivity index (χ4v) is 4.62. The molecule has 180 valence electrons. The number of benzene rings is 1. The summed E-state index contributed by atoms with van der Waals surface area (Å²) in [5, 5.41) is 0. The van der Waals surface area contributed by atoms with Gasteiger partial charge in [-0.25, -0.2) is 4.79 Å². The molecule has 1 aliphatic heterocycles. The summed E-state index contributed by atoms with van der Waals surface area (Å²) < 4.78 is 69.3. The van der Waals surface area contributed by atoms with Gasteiger partial charge in [0.2, 0.25) is 0 Å². The number of rotatable bonds is 7. The number of hydrogen-bond acceptors (Lipinski definition) is 7. The summed E-state index contributed by atoms with van der Waals surface area (Å²) in [6, 6.07) is 3.29. The number of carbonyl (C=O) groups excluding carboxylic acids is 3. The molecule has 0 aromatic heterocycles. The van der Waals surface area contributed by atoms with Crippen LogP contribution in [0.4, 0.5) is 0 Å². The zero-order valence-electron chi connectivity index (χ0n) is 25.4. The molecule has 0 amide bonds. The molecule has 2 aliphatic rings. The first kappa shape index (κ1) is 17.6. The predicted octanol–water partition coefficient (Wildman–Crippen LogP) is 4.65. The SMILES string of the molecule is [2H]C([2H])([2H])C(CCCc1cc(OC(C)=O)c2c(c1)OC(C)(C([2H])([2H])[2H])C1CCC(C(=O)OC)=CC21)OC(C)=O. The molecule has 4 atom stereocenters. The molecule has 1 heterocycles. The van der Waals surface area contributed by atoms with Crippen LogP contribution in [-0.2, 0) is 30.3 Å². The van der Waals surface area contributed by atoms with Crippen LogP contribution in [0.1, 0.15) is 85.4 Å². The van der Waals surface area contributed by atoms with Crippen molar-refractivity contribution in [2.45, 2.75) is 84.2 Å². The van der Waals surface area contributed by atoms with Crippen molar-refractivity contribution in [2.75, 3.05) is 7.11 Å². The Morgan fingerprint density at radius 1 is 1.27 bits per heavy atom. The largest absolute Gasteiger partial charge is 0.487 e. The van der Waals surface area contributed by atoms with Gasteiger partial charge in [0.05, 0.1) is 13.2 Å². The van der Waals surface area contributed by atoms with E-state index >= 15 is 0 Å². The molecule has 0 saturated heterocycles. The molecular weight excluding hydrogens is 424 g/mol. The molecule has 0 N–H and O–H groups in total. The van der Waals surface area contributed by atoms with Crippen LogP contribution in [0.5, 0.6) is 11.5 Å². The van der Waals surface area contributed by atoms with Crippen molar-refractivity contribution in [1.82, 2.24) is 0 Å². The number of fused-ring (bicyclic) bond motifs is 3. The second kappa shape index (κ2) is 9.98. The molecule has 1 aromatic rings. The van der Waals surface area contributed by atoms with Crippen molar-refractivity contribution in [3.8, 4) is 11.5 Å². The quantitative estimate of drug-likeness (QED) is 0.429. The first-order chi connectivity index (χ1) is 18.0. The first-order valence-corrected chi connectivity index (χ1v) is 11.0. The van der Waals surface area contributed by atoms with E-state index in [4.69, 9.17) is 27.2 Å². The highest BCUT2D eigenvalue weighted by molar-refractivity contribution is 5.89. The lowest BCUT2D eigenvalue weighted by Crippen LogP contribution is -2.45. The van der Waals surface area contributed by atoms with Crippen LogP contribution in [0.2, 0.25) is 0 Å². The molecule has 7 heteroatoms. The van der Waals surface area contributed by atoms with Crippen LogP contribution < -0.4 is 9.47 Å². The summed E-state index contributed by atoms with van der Waals surface area (Å²) in [6.07, 6.45) is 1.72. The monoisotopic (exact) mass is 464 g/mol. The van der Waals surface area contributed by atoms with Crippen molar-refractivity contribution in [3.05, 3.63) is 34.9 Å². The number of methoxy groups -OCH3 is 1. The minimum Gasteiger partial charge on any atom is -0.487 e. The molecule has 0 radical (unpaired) electrons. The van der Waals surface area contributed by atoms with E-state index in [1.807, 2.05) is 0 Å². The van der Waals surface area contributed by atoms with Crippen LogP contribution >= 0.6 is 0 Å². The van der Waals surface area contributed by atoms with Gasteiger partial charge >= 0.3 is 17.9 Å². The number of carbonyl (C=O) groups is 3. The van der Waals surface area contributed by atoms with Crippen LogP contribution in [0, 0.1) is 5.92 Å². The third kappa shape index (κ3) is 5.75. The Morgan fingerprint density at radius 2 is 2.06 bits per heavy atom. The highest BCUT2D eigenvalue weighted by Crippen LogP contribution is 2.54. The Hall–Kier alpha value is -2.83. The molecule has 33 heavy (non-hydrogen) atoms. The molecule has 0 saturated carbocycles. The Labute approximate surface area is 203 Å². The minimum atomic E-state index is -2.52. The third-order valence-electron chi connectivity index (χ3n) is 6.01. The Kier molecular flexibility index (Phi) is 5.33. The minimum absolute atomic E-state index is 0.0554. The average Bonchev–Trinajstić information content (AvgIpc) is 2.80. The lowest BCUT2D eigenvalue weighted by atomic mass is 9.67. The number of esters is 3. The molecule has 4 unspecified atom stereocenters. The van der Waals surface area contributed by atoms with E-state index in [2.05, 4.69) is 0 Å². The maximum atomic E-state index is 12.3. The Balaban J connectivity index is 2.06. The normalized spacial score (nSPS) is 27.8. The second-order valence-electron chi connectivity index (χ2n) is 8.65. The standard InChI is InChI=1S/C26H34O7/c1-15(31-16(2)27)8-7-9-18-12-22(32-17(3)28)24-20-14-19(25(29)30-6)10-11-21(20)26(4,5)33-23(24)13-18/h12-15,20-21H,7-11H2,1-6H3/i1D3,4D3. The van der Waals surface area contributed by atoms with Gasteiger partial charge in [-0.15, -0.1) is 0 Å². The molecule has 0 fully saturated rings. The van der Waals surface area contributed by atoms with E-state index < -0.39 is 55.2 Å². The number of hydrogen-bond donors (Lipinski definition) is 0. The van der Waals surface area contributed by atoms with E-state index in [1.165, 1.54) is 21.0 Å². The highest BCUT2D eigenvalue weighted by Gasteiger charge is 2.46. The Morgan fingerprint density at radius 3 is 2.70 bits per heavy atom. The molecule has 0 bridgehead atoms. The van der Waals surface area contributed by atoms with E-state index in [1.54, 1.807) is 18.2 Å². The summed E-state index contributed by atoms with van der Waals surface area (Å²) in [5.74, 6) is -2.57. The van der Waals surface area contributed by atoms with Crippen molar-refractivity contribution >= 4 is 17.9 Å². The number of aryl methyl sites for hydroxylation is 1. The van der Waals surface area contributed by atoms with Crippen LogP contribution in [0.15, 0.2) is 23.8 Å². The van der Waals surface area contributed by atoms with Crippen LogP contribution in [-0.4, -0.2) is 36.7 Å². The second-order valence-corrected chi connectivity index (χ2v) is 8.65. The maximum absolute atomic E-state index is 12.3. The van der Waals surface area contributed by atoms with Crippen molar-refractivity contribution < 1.29 is 41.6 Å². The average molecular weight is 465 g/mol. The van der Waals surface area contributed by atoms with Gasteiger partial charge < -0.3 is 18.9 Å². The molecular formula is C26H34O7. The summed E-state index contributed by atoms with van der Waals surface area (Å²) in [6.45, 7) is -1.10. The van der Waals surface area contributed by atoms with E-state index in [9.17, 15) is 14.4 Å². The van der Waals surface area contributed by atoms with E-state index in [0.29, 0.717) is 42.4 Å². The summed E-state index contributed by atoms with van der Waals surface area (Å²) in [4.78, 5) is 35.8. The van der Waals surface area contributed by atoms with Gasteiger partial charge in [-0.1, -0.05) is 6.08 Å². The van der Waals surface area contributed by atoms with E-state index in [-0.39, 0.29) is 17.9 Å². The molecule has 7 nitrogen and oxygen atoms in total. The lowest BCUT2D eigenvalue weighted by molar-refractivity contribution is -0.145. The number of ether oxygens (including phenoxy) is 4. The fourth-order valence-electron chi connectivity index (χ4n) is 4.62. The first-order valence-electron chi connectivity index (χ1n) is 14.0. The number of allylic oxidation sites excluding steroid dienone is 1. The van der Waals surface area contributed by atoms with Crippen LogP contribution in [0.3, 0.4) is 0 Å². The Bertz CT molecular complexity index is 1160. The lowest BCUT2D eigenvalue weighted by Gasteiger charge is -2.46. The van der Waals surface area contributed by atoms with Crippen molar-refractivity contribution in [2.24, 2.45) is 5.92 Å². The van der Waals surface area contributed by atoms with Gasteiger partial charge in [-0.05, 0) is 70.4 Å². The van der Waals surface area contributed by atoms with Gasteiger partial charge in [0, 0.05) is 45.0 Å². The third-order valence-corrected chi connectivity index (χ3v) is 6.01.